The Morgan fingerprint density at radius 1 is 1.46 bits per heavy atom. The summed E-state index contributed by atoms with van der Waals surface area (Å²) in [6, 6.07) is 1.13. The molecule has 1 rings (SSSR count). The standard InChI is InChI=1S/C11H19ClSi/c1-5-13(12,11(2,3)4)10-8-6-7-9-10/h6-8H,5,9H2,1-4H3. The third-order valence-corrected chi connectivity index (χ3v) is 10.9. The van der Waals surface area contributed by atoms with Crippen LogP contribution >= 0.6 is 11.1 Å². The molecule has 0 heterocycles. The van der Waals surface area contributed by atoms with E-state index in [1.165, 1.54) is 5.20 Å². The Balaban J connectivity index is 2.94. The van der Waals surface area contributed by atoms with Crippen LogP contribution in [-0.4, -0.2) is 7.38 Å². The lowest BCUT2D eigenvalue weighted by molar-refractivity contribution is 0.728. The predicted molar refractivity (Wildman–Crippen MR) is 63.6 cm³/mol. The highest BCUT2D eigenvalue weighted by Gasteiger charge is 2.44. The van der Waals surface area contributed by atoms with Crippen molar-refractivity contribution in [2.75, 3.05) is 0 Å². The van der Waals surface area contributed by atoms with Gasteiger partial charge in [-0.25, -0.2) is 0 Å². The molecule has 2 heteroatoms. The number of rotatable bonds is 2. The van der Waals surface area contributed by atoms with Crippen LogP contribution in [0.5, 0.6) is 0 Å². The van der Waals surface area contributed by atoms with E-state index in [0.29, 0.717) is 0 Å². The van der Waals surface area contributed by atoms with Crippen molar-refractivity contribution in [2.24, 2.45) is 0 Å². The molecule has 0 aromatic rings. The Bertz CT molecular complexity index is 247. The lowest BCUT2D eigenvalue weighted by atomic mass is 10.2. The molecule has 0 fully saturated rings. The average Bonchev–Trinajstić information content (AvgIpc) is 2.52. The van der Waals surface area contributed by atoms with Crippen molar-refractivity contribution >= 4 is 18.5 Å². The Morgan fingerprint density at radius 3 is 2.38 bits per heavy atom. The maximum absolute atomic E-state index is 6.84. The molecule has 0 aliphatic heterocycles. The second kappa shape index (κ2) is 3.62. The van der Waals surface area contributed by atoms with Gasteiger partial charge in [-0.1, -0.05) is 51.1 Å². The van der Waals surface area contributed by atoms with E-state index < -0.39 is 7.38 Å². The fourth-order valence-electron chi connectivity index (χ4n) is 1.98. The fourth-order valence-corrected chi connectivity index (χ4v) is 5.68. The maximum atomic E-state index is 6.84. The molecular weight excluding hydrogens is 196 g/mol. The second-order valence-electron chi connectivity index (χ2n) is 4.73. The van der Waals surface area contributed by atoms with Crippen LogP contribution in [0.4, 0.5) is 0 Å². The zero-order valence-electron chi connectivity index (χ0n) is 9.02. The van der Waals surface area contributed by atoms with Crippen molar-refractivity contribution in [3.8, 4) is 0 Å². The van der Waals surface area contributed by atoms with Crippen molar-refractivity contribution in [1.82, 2.24) is 0 Å². The van der Waals surface area contributed by atoms with Gasteiger partial charge in [-0.05, 0) is 17.5 Å². The predicted octanol–water partition coefficient (Wildman–Crippen LogP) is 4.42. The van der Waals surface area contributed by atoms with E-state index in [0.717, 1.165) is 12.5 Å². The Kier molecular flexibility index (Phi) is 3.08. The number of hydrogen-bond acceptors (Lipinski definition) is 0. The van der Waals surface area contributed by atoms with Gasteiger partial charge in [0.25, 0.3) is 0 Å². The van der Waals surface area contributed by atoms with Gasteiger partial charge in [0.2, 0.25) is 0 Å². The van der Waals surface area contributed by atoms with E-state index >= 15 is 0 Å². The first-order valence-corrected chi connectivity index (χ1v) is 8.19. The van der Waals surface area contributed by atoms with Gasteiger partial charge < -0.3 is 0 Å². The van der Waals surface area contributed by atoms with E-state index in [1.807, 2.05) is 0 Å². The van der Waals surface area contributed by atoms with E-state index in [1.54, 1.807) is 0 Å². The summed E-state index contributed by atoms with van der Waals surface area (Å²) in [5, 5.41) is 1.77. The van der Waals surface area contributed by atoms with Crippen LogP contribution in [0.1, 0.15) is 34.1 Å². The van der Waals surface area contributed by atoms with E-state index in [2.05, 4.69) is 45.9 Å². The molecule has 0 spiro atoms. The molecule has 0 nitrogen and oxygen atoms in total. The zero-order chi connectivity index (χ0) is 10.1. The van der Waals surface area contributed by atoms with Gasteiger partial charge in [0.15, 0.2) is 7.38 Å². The Morgan fingerprint density at radius 2 is 2.08 bits per heavy atom. The minimum Gasteiger partial charge on any atom is -0.161 e. The number of halogens is 1. The largest absolute Gasteiger partial charge is 0.188 e. The van der Waals surface area contributed by atoms with Crippen molar-refractivity contribution in [1.29, 1.82) is 0 Å². The number of allylic oxidation sites excluding steroid dienone is 4. The normalized spacial score (nSPS) is 21.5. The molecule has 74 valence electrons. The van der Waals surface area contributed by atoms with Gasteiger partial charge in [-0.15, -0.1) is 0 Å². The molecule has 0 bridgehead atoms. The van der Waals surface area contributed by atoms with Crippen LogP contribution in [0.3, 0.4) is 0 Å². The summed E-state index contributed by atoms with van der Waals surface area (Å²) < 4.78 is 0. The first-order valence-electron chi connectivity index (χ1n) is 4.97. The fraction of sp³-hybridized carbons (Fsp3) is 0.636. The third kappa shape index (κ3) is 1.91. The average molecular weight is 215 g/mol. The zero-order valence-corrected chi connectivity index (χ0v) is 10.8. The van der Waals surface area contributed by atoms with Crippen LogP contribution in [0.2, 0.25) is 11.1 Å². The number of hydrogen-bond donors (Lipinski definition) is 0. The highest BCUT2D eigenvalue weighted by molar-refractivity contribution is 7.25. The van der Waals surface area contributed by atoms with Gasteiger partial charge in [0.1, 0.15) is 0 Å². The summed E-state index contributed by atoms with van der Waals surface area (Å²) in [7, 11) is -1.72. The van der Waals surface area contributed by atoms with Gasteiger partial charge in [-0.3, -0.25) is 0 Å². The molecule has 1 aliphatic carbocycles. The highest BCUT2D eigenvalue weighted by Crippen LogP contribution is 2.47. The summed E-state index contributed by atoms with van der Waals surface area (Å²) in [4.78, 5) is 0. The molecular formula is C11H19ClSi. The van der Waals surface area contributed by atoms with Crippen molar-refractivity contribution in [3.05, 3.63) is 23.4 Å². The van der Waals surface area contributed by atoms with Gasteiger partial charge in [0.05, 0.1) is 0 Å². The smallest absolute Gasteiger partial charge is 0.161 e. The third-order valence-electron chi connectivity index (χ3n) is 2.96. The minimum atomic E-state index is -1.72. The van der Waals surface area contributed by atoms with Crippen LogP contribution in [-0.2, 0) is 0 Å². The van der Waals surface area contributed by atoms with E-state index in [9.17, 15) is 0 Å². The minimum absolute atomic E-state index is 0.265. The molecule has 0 aromatic heterocycles. The molecule has 13 heavy (non-hydrogen) atoms. The Hall–Kier alpha value is -0.0131. The Labute approximate surface area is 87.4 Å². The molecule has 1 unspecified atom stereocenters. The quantitative estimate of drug-likeness (QED) is 0.472. The van der Waals surface area contributed by atoms with Crippen LogP contribution in [0, 0.1) is 0 Å². The van der Waals surface area contributed by atoms with Crippen molar-refractivity contribution < 1.29 is 0 Å². The van der Waals surface area contributed by atoms with Crippen LogP contribution in [0.15, 0.2) is 23.4 Å². The summed E-state index contributed by atoms with van der Waals surface area (Å²) in [6.07, 6.45) is 7.66. The van der Waals surface area contributed by atoms with Gasteiger partial charge in [-0.2, -0.15) is 11.1 Å². The first kappa shape index (κ1) is 11.1. The molecule has 0 N–H and O–H groups in total. The molecule has 1 aliphatic rings. The lowest BCUT2D eigenvalue weighted by Gasteiger charge is -2.37. The van der Waals surface area contributed by atoms with Crippen molar-refractivity contribution in [2.45, 2.75) is 45.2 Å². The summed E-state index contributed by atoms with van der Waals surface area (Å²) in [5.41, 5.74) is 0. The highest BCUT2D eigenvalue weighted by atomic mass is 35.6. The monoisotopic (exact) mass is 214 g/mol. The second-order valence-corrected chi connectivity index (χ2v) is 11.1. The summed E-state index contributed by atoms with van der Waals surface area (Å²) in [5.74, 6) is 0. The lowest BCUT2D eigenvalue weighted by Crippen LogP contribution is -2.39. The SMILES string of the molecule is CC[Si](Cl)(C1=CC=CC1)C(C)(C)C. The molecule has 0 radical (unpaired) electrons. The van der Waals surface area contributed by atoms with E-state index in [-0.39, 0.29) is 5.04 Å². The summed E-state index contributed by atoms with van der Waals surface area (Å²) >= 11 is 6.84. The maximum Gasteiger partial charge on any atom is 0.188 e. The first-order chi connectivity index (χ1) is 5.92. The summed E-state index contributed by atoms with van der Waals surface area (Å²) in [6.45, 7) is 9.04. The van der Waals surface area contributed by atoms with Crippen LogP contribution < -0.4 is 0 Å². The van der Waals surface area contributed by atoms with Gasteiger partial charge in [0, 0.05) is 0 Å². The molecule has 0 aromatic carbocycles. The van der Waals surface area contributed by atoms with Crippen LogP contribution in [0.25, 0.3) is 0 Å². The van der Waals surface area contributed by atoms with Gasteiger partial charge >= 0.3 is 0 Å². The van der Waals surface area contributed by atoms with E-state index in [4.69, 9.17) is 11.1 Å². The topological polar surface area (TPSA) is 0 Å². The molecule has 0 amide bonds. The molecule has 0 saturated carbocycles. The molecule has 0 saturated heterocycles. The molecule has 1 atom stereocenters. The van der Waals surface area contributed by atoms with Crippen molar-refractivity contribution in [3.63, 3.8) is 0 Å².